The van der Waals surface area contributed by atoms with Gasteiger partial charge in [-0.2, -0.15) is 13.2 Å². The van der Waals surface area contributed by atoms with Crippen LogP contribution in [-0.2, 0) is 6.18 Å². The van der Waals surface area contributed by atoms with Gasteiger partial charge in [-0.3, -0.25) is 0 Å². The topological polar surface area (TPSA) is 115 Å². The van der Waals surface area contributed by atoms with Gasteiger partial charge in [0, 0.05) is 17.3 Å². The molecule has 0 amide bonds. The van der Waals surface area contributed by atoms with Crippen LogP contribution < -0.4 is 15.8 Å². The van der Waals surface area contributed by atoms with Crippen molar-refractivity contribution in [2.24, 2.45) is 0 Å². The molecule has 4 N–H and O–H groups in total. The quantitative estimate of drug-likeness (QED) is 0.392. The molecule has 0 unspecified atom stereocenters. The second-order valence-corrected chi connectivity index (χ2v) is 6.67. The van der Waals surface area contributed by atoms with Crippen LogP contribution in [0.2, 0.25) is 5.02 Å². The van der Waals surface area contributed by atoms with Crippen molar-refractivity contribution in [2.75, 3.05) is 11.1 Å². The van der Waals surface area contributed by atoms with Gasteiger partial charge in [-0.05, 0) is 48.5 Å². The van der Waals surface area contributed by atoms with E-state index in [-0.39, 0.29) is 28.4 Å². The number of rotatable bonds is 5. The first kappa shape index (κ1) is 20.4. The lowest BCUT2D eigenvalue weighted by molar-refractivity contribution is -0.137. The van der Waals surface area contributed by atoms with Crippen molar-refractivity contribution in [3.05, 3.63) is 65.2 Å². The Hall–Kier alpha value is -3.86. The number of aromatic amines is 1. The monoisotopic (exact) mass is 447 g/mol. The zero-order valence-corrected chi connectivity index (χ0v) is 16.2. The molecule has 0 saturated heterocycles. The van der Waals surface area contributed by atoms with Crippen molar-refractivity contribution < 1.29 is 17.9 Å². The van der Waals surface area contributed by atoms with Crippen molar-refractivity contribution in [1.29, 1.82) is 0 Å². The molecule has 2 heterocycles. The van der Waals surface area contributed by atoms with E-state index in [0.29, 0.717) is 17.1 Å². The molecule has 158 valence electrons. The molecule has 0 aliphatic heterocycles. The number of hydrogen-bond acceptors (Lipinski definition) is 7. The van der Waals surface area contributed by atoms with Crippen molar-refractivity contribution in [3.63, 3.8) is 0 Å². The fourth-order valence-corrected chi connectivity index (χ4v) is 2.82. The van der Waals surface area contributed by atoms with E-state index in [1.165, 1.54) is 6.07 Å². The van der Waals surface area contributed by atoms with Gasteiger partial charge in [0.2, 0.25) is 11.8 Å². The Morgan fingerprint density at radius 3 is 2.39 bits per heavy atom. The van der Waals surface area contributed by atoms with Gasteiger partial charge in [0.25, 0.3) is 0 Å². The first-order valence-corrected chi connectivity index (χ1v) is 9.10. The van der Waals surface area contributed by atoms with Gasteiger partial charge in [-0.15, -0.1) is 20.4 Å². The lowest BCUT2D eigenvalue weighted by atomic mass is 10.2. The van der Waals surface area contributed by atoms with E-state index < -0.39 is 11.7 Å². The maximum Gasteiger partial charge on any atom is 0.417 e. The average molecular weight is 448 g/mol. The van der Waals surface area contributed by atoms with Crippen LogP contribution in [0.1, 0.15) is 5.56 Å². The van der Waals surface area contributed by atoms with Crippen LogP contribution in [0.3, 0.4) is 0 Å². The molecule has 0 atom stereocenters. The second-order valence-electron chi connectivity index (χ2n) is 6.26. The molecule has 31 heavy (non-hydrogen) atoms. The standard InChI is InChI=1S/C19H13ClF3N7O/c20-14-6-3-11(9-13(14)19(21,22)23)25-18-26-17(29-30-18)10-1-4-12(5-2-10)31-16-8-7-15(24)27-28-16/h1-9H,(H2,24,27)(H2,25,26,29,30). The van der Waals surface area contributed by atoms with E-state index in [1.54, 1.807) is 36.4 Å². The Morgan fingerprint density at radius 1 is 0.935 bits per heavy atom. The highest BCUT2D eigenvalue weighted by molar-refractivity contribution is 6.31. The smallest absolute Gasteiger partial charge is 0.417 e. The Labute approximate surface area is 178 Å². The summed E-state index contributed by atoms with van der Waals surface area (Å²) < 4.78 is 44.6. The predicted octanol–water partition coefficient (Wildman–Crippen LogP) is 5.05. The molecule has 0 radical (unpaired) electrons. The molecule has 2 aromatic carbocycles. The van der Waals surface area contributed by atoms with Crippen LogP contribution in [0.5, 0.6) is 11.6 Å². The predicted molar refractivity (Wildman–Crippen MR) is 108 cm³/mol. The minimum Gasteiger partial charge on any atom is -0.438 e. The number of H-pyrrole nitrogens is 1. The zero-order chi connectivity index (χ0) is 22.0. The molecular weight excluding hydrogens is 435 g/mol. The number of nitrogen functional groups attached to an aromatic ring is 1. The number of anilines is 3. The Kier molecular flexibility index (Phi) is 5.34. The highest BCUT2D eigenvalue weighted by Crippen LogP contribution is 2.36. The summed E-state index contributed by atoms with van der Waals surface area (Å²) >= 11 is 5.63. The molecule has 0 spiro atoms. The summed E-state index contributed by atoms with van der Waals surface area (Å²) in [6.07, 6.45) is -4.57. The van der Waals surface area contributed by atoms with Crippen LogP contribution in [-0.4, -0.2) is 25.4 Å². The number of aromatic nitrogens is 5. The van der Waals surface area contributed by atoms with Crippen LogP contribution >= 0.6 is 11.6 Å². The number of halogens is 4. The number of hydrogen-bond donors (Lipinski definition) is 3. The second kappa shape index (κ2) is 8.11. The maximum absolute atomic E-state index is 13.0. The Balaban J connectivity index is 1.47. The third-order valence-electron chi connectivity index (χ3n) is 4.03. The summed E-state index contributed by atoms with van der Waals surface area (Å²) in [4.78, 5) is 2.90. The van der Waals surface area contributed by atoms with Gasteiger partial charge >= 0.3 is 6.18 Å². The van der Waals surface area contributed by atoms with Crippen molar-refractivity contribution in [1.82, 2.24) is 25.4 Å². The van der Waals surface area contributed by atoms with Crippen LogP contribution in [0.15, 0.2) is 54.6 Å². The largest absolute Gasteiger partial charge is 0.438 e. The van der Waals surface area contributed by atoms with E-state index in [2.05, 4.69) is 30.7 Å². The molecule has 0 aliphatic carbocycles. The van der Waals surface area contributed by atoms with E-state index in [1.807, 2.05) is 0 Å². The van der Waals surface area contributed by atoms with Crippen LogP contribution in [0.25, 0.3) is 11.4 Å². The fourth-order valence-electron chi connectivity index (χ4n) is 2.59. The summed E-state index contributed by atoms with van der Waals surface area (Å²) in [5.41, 5.74) is 5.38. The molecule has 2 aromatic heterocycles. The maximum atomic E-state index is 13.0. The fraction of sp³-hybridized carbons (Fsp3) is 0.0526. The number of alkyl halides is 3. The van der Waals surface area contributed by atoms with Crippen LogP contribution in [0, 0.1) is 0 Å². The Morgan fingerprint density at radius 2 is 1.71 bits per heavy atom. The van der Waals surface area contributed by atoms with Gasteiger partial charge < -0.3 is 20.8 Å². The van der Waals surface area contributed by atoms with Crippen LogP contribution in [0.4, 0.5) is 30.6 Å². The van der Waals surface area contributed by atoms with E-state index in [0.717, 1.165) is 12.1 Å². The first-order valence-electron chi connectivity index (χ1n) is 8.72. The van der Waals surface area contributed by atoms with Gasteiger partial charge in [0.05, 0.1) is 10.6 Å². The summed E-state index contributed by atoms with van der Waals surface area (Å²) in [6, 6.07) is 13.5. The highest BCUT2D eigenvalue weighted by Gasteiger charge is 2.33. The number of ether oxygens (including phenoxy) is 1. The SMILES string of the molecule is Nc1ccc(Oc2ccc(-c3nnc(Nc4ccc(Cl)c(C(F)(F)F)c4)[nH]3)cc2)nn1. The van der Waals surface area contributed by atoms with Gasteiger partial charge in [0.15, 0.2) is 5.82 Å². The number of nitrogens with zero attached hydrogens (tertiary/aromatic N) is 4. The minimum atomic E-state index is -4.57. The molecule has 4 aromatic rings. The molecular formula is C19H13ClF3N7O. The molecule has 12 heteroatoms. The third kappa shape index (κ3) is 4.83. The Bertz CT molecular complexity index is 1190. The van der Waals surface area contributed by atoms with Crippen molar-refractivity contribution in [2.45, 2.75) is 6.18 Å². The molecule has 4 rings (SSSR count). The van der Waals surface area contributed by atoms with Gasteiger partial charge in [-0.1, -0.05) is 11.6 Å². The zero-order valence-electron chi connectivity index (χ0n) is 15.5. The number of benzene rings is 2. The molecule has 0 fully saturated rings. The lowest BCUT2D eigenvalue weighted by Crippen LogP contribution is -2.06. The van der Waals surface area contributed by atoms with Crippen molar-refractivity contribution >= 4 is 29.1 Å². The van der Waals surface area contributed by atoms with E-state index >= 15 is 0 Å². The summed E-state index contributed by atoms with van der Waals surface area (Å²) in [5, 5.41) is 17.8. The van der Waals surface area contributed by atoms with Gasteiger partial charge in [-0.25, -0.2) is 0 Å². The van der Waals surface area contributed by atoms with Gasteiger partial charge in [0.1, 0.15) is 11.6 Å². The molecule has 8 nitrogen and oxygen atoms in total. The average Bonchev–Trinajstić information content (AvgIpc) is 3.19. The number of nitrogens with two attached hydrogens (primary N) is 1. The minimum absolute atomic E-state index is 0.160. The molecule has 0 bridgehead atoms. The summed E-state index contributed by atoms with van der Waals surface area (Å²) in [7, 11) is 0. The molecule has 0 saturated carbocycles. The lowest BCUT2D eigenvalue weighted by Gasteiger charge is -2.11. The normalized spacial score (nSPS) is 11.4. The number of nitrogens with one attached hydrogen (secondary N) is 2. The summed E-state index contributed by atoms with van der Waals surface area (Å²) in [6.45, 7) is 0. The third-order valence-corrected chi connectivity index (χ3v) is 4.36. The highest BCUT2D eigenvalue weighted by atomic mass is 35.5. The van der Waals surface area contributed by atoms with Crippen molar-refractivity contribution in [3.8, 4) is 23.0 Å². The first-order chi connectivity index (χ1) is 14.8. The molecule has 0 aliphatic rings. The van der Waals surface area contributed by atoms with E-state index in [4.69, 9.17) is 22.1 Å². The van der Waals surface area contributed by atoms with E-state index in [9.17, 15) is 13.2 Å². The summed E-state index contributed by atoms with van der Waals surface area (Å²) in [5.74, 6) is 1.66.